The van der Waals surface area contributed by atoms with E-state index in [1.807, 2.05) is 0 Å². The maximum atomic E-state index is 12.3. The zero-order valence-electron chi connectivity index (χ0n) is 14.6. The van der Waals surface area contributed by atoms with Crippen LogP contribution in [0.5, 0.6) is 0 Å². The van der Waals surface area contributed by atoms with Crippen LogP contribution in [-0.4, -0.2) is 47.1 Å². The summed E-state index contributed by atoms with van der Waals surface area (Å²) in [6.07, 6.45) is -1.23. The molecule has 1 aliphatic rings. The first kappa shape index (κ1) is 18.8. The third-order valence-corrected chi connectivity index (χ3v) is 3.36. The van der Waals surface area contributed by atoms with E-state index >= 15 is 0 Å². The summed E-state index contributed by atoms with van der Waals surface area (Å²) in [6, 6.07) is 0. The highest BCUT2D eigenvalue weighted by Crippen LogP contribution is 2.31. The summed E-state index contributed by atoms with van der Waals surface area (Å²) in [5, 5.41) is 10.6. The molecule has 4 N–H and O–H groups in total. The molecule has 0 aromatic carbocycles. The van der Waals surface area contributed by atoms with Gasteiger partial charge in [0.05, 0.1) is 24.4 Å². The summed E-state index contributed by atoms with van der Waals surface area (Å²) in [6.45, 7) is 10.7. The average molecular weight is 326 g/mol. The lowest BCUT2D eigenvalue weighted by molar-refractivity contribution is 0.0184. The minimum atomic E-state index is -0.890. The van der Waals surface area contributed by atoms with Crippen LogP contribution < -0.4 is 11.1 Å². The molecule has 0 aliphatic carbocycles. The summed E-state index contributed by atoms with van der Waals surface area (Å²) in [7, 11) is 0. The Morgan fingerprint density at radius 2 is 1.96 bits per heavy atom. The number of hydrogen-bond acceptors (Lipinski definition) is 6. The van der Waals surface area contributed by atoms with Crippen molar-refractivity contribution in [2.45, 2.75) is 52.7 Å². The molecule has 0 unspecified atom stereocenters. The van der Waals surface area contributed by atoms with Gasteiger partial charge < -0.3 is 20.6 Å². The standard InChI is InChI=1S/C15H26N4O4/c1-7-22-12(20)18-11(17)9-8-19(15(5,6)10(9)16)13(21)23-14(2,3)4/h16H,7-8,17H2,1-6H3,(H,18,20)/b11-9-,16-10?. The predicted octanol–water partition coefficient (Wildman–Crippen LogP) is 1.95. The molecule has 0 bridgehead atoms. The van der Waals surface area contributed by atoms with Gasteiger partial charge in [-0.05, 0) is 41.5 Å². The van der Waals surface area contributed by atoms with Crippen LogP contribution in [0.2, 0.25) is 0 Å². The number of nitrogens with two attached hydrogens (primary N) is 1. The smallest absolute Gasteiger partial charge is 0.412 e. The van der Waals surface area contributed by atoms with E-state index < -0.39 is 23.3 Å². The van der Waals surface area contributed by atoms with E-state index in [1.54, 1.807) is 41.5 Å². The Balaban J connectivity index is 3.02. The fourth-order valence-electron chi connectivity index (χ4n) is 2.12. The predicted molar refractivity (Wildman–Crippen MR) is 86.1 cm³/mol. The van der Waals surface area contributed by atoms with Crippen molar-refractivity contribution < 1.29 is 19.1 Å². The highest BCUT2D eigenvalue weighted by atomic mass is 16.6. The first-order valence-electron chi connectivity index (χ1n) is 7.42. The van der Waals surface area contributed by atoms with Crippen molar-refractivity contribution in [2.24, 2.45) is 5.73 Å². The number of likely N-dealkylation sites (tertiary alicyclic amines) is 1. The highest BCUT2D eigenvalue weighted by molar-refractivity contribution is 6.09. The minimum Gasteiger partial charge on any atom is -0.450 e. The second-order valence-corrected chi connectivity index (χ2v) is 6.74. The fourth-order valence-corrected chi connectivity index (χ4v) is 2.12. The van der Waals surface area contributed by atoms with Crippen molar-refractivity contribution >= 4 is 17.9 Å². The maximum absolute atomic E-state index is 12.3. The molecule has 0 saturated carbocycles. The quantitative estimate of drug-likeness (QED) is 0.717. The van der Waals surface area contributed by atoms with Gasteiger partial charge in [-0.2, -0.15) is 0 Å². The zero-order chi connectivity index (χ0) is 18.0. The van der Waals surface area contributed by atoms with Crippen molar-refractivity contribution in [3.63, 3.8) is 0 Å². The van der Waals surface area contributed by atoms with Crippen LogP contribution in [-0.2, 0) is 9.47 Å². The number of nitrogens with zero attached hydrogens (tertiary/aromatic N) is 1. The van der Waals surface area contributed by atoms with Gasteiger partial charge >= 0.3 is 12.2 Å². The molecule has 8 nitrogen and oxygen atoms in total. The molecule has 0 aromatic heterocycles. The molecule has 1 aliphatic heterocycles. The number of hydrogen-bond donors (Lipinski definition) is 3. The molecule has 1 saturated heterocycles. The molecular weight excluding hydrogens is 300 g/mol. The van der Waals surface area contributed by atoms with E-state index in [4.69, 9.17) is 20.6 Å². The normalized spacial score (nSPS) is 19.4. The molecule has 8 heteroatoms. The number of amides is 2. The zero-order valence-corrected chi connectivity index (χ0v) is 14.6. The van der Waals surface area contributed by atoms with Gasteiger partial charge in [0.15, 0.2) is 0 Å². The molecule has 23 heavy (non-hydrogen) atoms. The molecule has 1 rings (SSSR count). The van der Waals surface area contributed by atoms with Crippen molar-refractivity contribution in [1.29, 1.82) is 5.41 Å². The molecule has 0 spiro atoms. The molecule has 0 aromatic rings. The topological polar surface area (TPSA) is 118 Å². The van der Waals surface area contributed by atoms with Crippen LogP contribution in [0.4, 0.5) is 9.59 Å². The molecule has 1 fully saturated rings. The minimum absolute atomic E-state index is 0.00702. The Bertz CT molecular complexity index is 546. The Morgan fingerprint density at radius 3 is 2.43 bits per heavy atom. The lowest BCUT2D eigenvalue weighted by Gasteiger charge is -2.32. The van der Waals surface area contributed by atoms with Crippen molar-refractivity contribution in [1.82, 2.24) is 10.2 Å². The Morgan fingerprint density at radius 1 is 1.39 bits per heavy atom. The monoisotopic (exact) mass is 326 g/mol. The average Bonchev–Trinajstić information content (AvgIpc) is 2.59. The Hall–Kier alpha value is -2.25. The number of carbonyl (C=O) groups excluding carboxylic acids is 2. The van der Waals surface area contributed by atoms with Crippen molar-refractivity contribution in [2.75, 3.05) is 13.2 Å². The number of ether oxygens (including phenoxy) is 2. The number of rotatable bonds is 2. The molecule has 1 heterocycles. The second kappa shape index (κ2) is 6.47. The van der Waals surface area contributed by atoms with Gasteiger partial charge in [-0.25, -0.2) is 9.59 Å². The molecule has 0 atom stereocenters. The van der Waals surface area contributed by atoms with Gasteiger partial charge in [0.25, 0.3) is 0 Å². The van der Waals surface area contributed by atoms with Gasteiger partial charge in [-0.3, -0.25) is 10.2 Å². The number of carbonyl (C=O) groups is 2. The van der Waals surface area contributed by atoms with E-state index in [0.29, 0.717) is 5.57 Å². The SMILES string of the molecule is CCOC(=O)N/C(N)=C1/CN(C(=O)OC(C)(C)C)C(C)(C)C1=N. The first-order valence-corrected chi connectivity index (χ1v) is 7.42. The Labute approximate surface area is 136 Å². The van der Waals surface area contributed by atoms with Crippen molar-refractivity contribution in [3.05, 3.63) is 11.4 Å². The first-order chi connectivity index (χ1) is 10.4. The van der Waals surface area contributed by atoms with E-state index in [1.165, 1.54) is 4.90 Å². The summed E-state index contributed by atoms with van der Waals surface area (Å²) < 4.78 is 10.1. The molecule has 130 valence electrons. The van der Waals surface area contributed by atoms with Gasteiger partial charge in [0, 0.05) is 5.57 Å². The van der Waals surface area contributed by atoms with E-state index in [2.05, 4.69) is 5.32 Å². The largest absolute Gasteiger partial charge is 0.450 e. The summed E-state index contributed by atoms with van der Waals surface area (Å²) in [5.41, 5.74) is 4.85. The maximum Gasteiger partial charge on any atom is 0.412 e. The highest BCUT2D eigenvalue weighted by Gasteiger charge is 2.46. The molecular formula is C15H26N4O4. The van der Waals surface area contributed by atoms with Gasteiger partial charge in [0.2, 0.25) is 0 Å². The lowest BCUT2D eigenvalue weighted by atomic mass is 9.97. The summed E-state index contributed by atoms with van der Waals surface area (Å²) in [4.78, 5) is 25.2. The van der Waals surface area contributed by atoms with E-state index in [0.717, 1.165) is 0 Å². The van der Waals surface area contributed by atoms with Crippen LogP contribution in [0.15, 0.2) is 11.4 Å². The van der Waals surface area contributed by atoms with Crippen LogP contribution in [0.25, 0.3) is 0 Å². The number of nitrogens with one attached hydrogen (secondary N) is 2. The van der Waals surface area contributed by atoms with Crippen LogP contribution in [0.1, 0.15) is 41.5 Å². The van der Waals surface area contributed by atoms with E-state index in [-0.39, 0.29) is 24.7 Å². The van der Waals surface area contributed by atoms with Crippen LogP contribution >= 0.6 is 0 Å². The number of alkyl carbamates (subject to hydrolysis) is 1. The van der Waals surface area contributed by atoms with Crippen molar-refractivity contribution in [3.8, 4) is 0 Å². The van der Waals surface area contributed by atoms with Gasteiger partial charge in [-0.1, -0.05) is 0 Å². The van der Waals surface area contributed by atoms with E-state index in [9.17, 15) is 9.59 Å². The third-order valence-electron chi connectivity index (χ3n) is 3.36. The van der Waals surface area contributed by atoms with Gasteiger partial charge in [0.1, 0.15) is 11.4 Å². The third kappa shape index (κ3) is 4.37. The molecule has 0 radical (unpaired) electrons. The summed E-state index contributed by atoms with van der Waals surface area (Å²) in [5.74, 6) is 0.00702. The molecule has 2 amide bonds. The second-order valence-electron chi connectivity index (χ2n) is 6.74. The summed E-state index contributed by atoms with van der Waals surface area (Å²) >= 11 is 0. The van der Waals surface area contributed by atoms with Crippen LogP contribution in [0.3, 0.4) is 0 Å². The Kier molecular flexibility index (Phi) is 5.29. The van der Waals surface area contributed by atoms with Crippen LogP contribution in [0, 0.1) is 5.41 Å². The van der Waals surface area contributed by atoms with Gasteiger partial charge in [-0.15, -0.1) is 0 Å². The lowest BCUT2D eigenvalue weighted by Crippen LogP contribution is -2.48. The fraction of sp³-hybridized carbons (Fsp3) is 0.667.